The van der Waals surface area contributed by atoms with E-state index >= 15 is 0 Å². The molecular formula is C24H33N3O5. The summed E-state index contributed by atoms with van der Waals surface area (Å²) in [5.74, 6) is 0.787. The molecule has 0 radical (unpaired) electrons. The number of piperidine rings is 1. The average molecular weight is 444 g/mol. The fraction of sp³-hybridized carbons (Fsp3) is 0.542. The molecular weight excluding hydrogens is 410 g/mol. The number of amides is 2. The van der Waals surface area contributed by atoms with Crippen molar-refractivity contribution in [1.82, 2.24) is 14.8 Å². The molecule has 0 atom stereocenters. The Morgan fingerprint density at radius 1 is 1.12 bits per heavy atom. The summed E-state index contributed by atoms with van der Waals surface area (Å²) in [4.78, 5) is 43.7. The van der Waals surface area contributed by atoms with Crippen LogP contribution >= 0.6 is 0 Å². The minimum atomic E-state index is -0.533. The molecule has 0 bridgehead atoms. The zero-order valence-electron chi connectivity index (χ0n) is 19.6. The van der Waals surface area contributed by atoms with Gasteiger partial charge in [-0.25, -0.2) is 0 Å². The van der Waals surface area contributed by atoms with E-state index in [1.54, 1.807) is 25.3 Å². The molecule has 0 aliphatic carbocycles. The molecule has 1 aromatic carbocycles. The summed E-state index contributed by atoms with van der Waals surface area (Å²) < 4.78 is 11.3. The topological polar surface area (TPSA) is 91.9 Å². The standard InChI is InChI=1S/C22H27N3O5.C2H6/c1-14(26)16-10-15-11-19(18(29-3)12-17(15)23-16)30-9-8-25-20(27)13-22(21(25)28)4-6-24(2)7-5-22;1-2/h10-12,23H,4-9,13H2,1-3H3;1-2H3. The van der Waals surface area contributed by atoms with Crippen molar-refractivity contribution in [2.24, 2.45) is 5.41 Å². The quantitative estimate of drug-likeness (QED) is 0.544. The fourth-order valence-corrected chi connectivity index (χ4v) is 4.37. The third kappa shape index (κ3) is 4.50. The third-order valence-electron chi connectivity index (χ3n) is 6.29. The highest BCUT2D eigenvalue weighted by Crippen LogP contribution is 2.42. The second kappa shape index (κ2) is 9.73. The predicted molar refractivity (Wildman–Crippen MR) is 122 cm³/mol. The number of rotatable bonds is 6. The number of Topliss-reactive ketones (excluding diaryl/α,β-unsaturated/α-hetero) is 1. The first-order chi connectivity index (χ1) is 15.3. The number of carbonyl (C=O) groups is 3. The Bertz CT molecular complexity index is 1000. The van der Waals surface area contributed by atoms with Crippen LogP contribution in [0.1, 0.15) is 50.5 Å². The van der Waals surface area contributed by atoms with Gasteiger partial charge < -0.3 is 19.4 Å². The minimum Gasteiger partial charge on any atom is -0.493 e. The van der Waals surface area contributed by atoms with Crippen molar-refractivity contribution in [2.45, 2.75) is 40.0 Å². The van der Waals surface area contributed by atoms with Gasteiger partial charge in [-0.05, 0) is 45.1 Å². The Morgan fingerprint density at radius 2 is 1.81 bits per heavy atom. The van der Waals surface area contributed by atoms with Crippen molar-refractivity contribution in [1.29, 1.82) is 0 Å². The summed E-state index contributed by atoms with van der Waals surface area (Å²) in [6.07, 6.45) is 1.75. The lowest BCUT2D eigenvalue weighted by Crippen LogP contribution is -2.44. The van der Waals surface area contributed by atoms with Crippen molar-refractivity contribution in [3.63, 3.8) is 0 Å². The van der Waals surface area contributed by atoms with Crippen LogP contribution in [0, 0.1) is 5.41 Å². The smallest absolute Gasteiger partial charge is 0.236 e. The first kappa shape index (κ1) is 23.8. The summed E-state index contributed by atoms with van der Waals surface area (Å²) in [5.41, 5.74) is 0.758. The summed E-state index contributed by atoms with van der Waals surface area (Å²) in [6.45, 7) is 7.56. The molecule has 2 amide bonds. The van der Waals surface area contributed by atoms with Gasteiger partial charge in [0.1, 0.15) is 6.61 Å². The number of ketones is 1. The van der Waals surface area contributed by atoms with Gasteiger partial charge in [0.2, 0.25) is 11.8 Å². The molecule has 1 aromatic heterocycles. The van der Waals surface area contributed by atoms with E-state index in [0.29, 0.717) is 23.6 Å². The van der Waals surface area contributed by atoms with Gasteiger partial charge in [0, 0.05) is 30.3 Å². The molecule has 0 saturated carbocycles. The summed E-state index contributed by atoms with van der Waals surface area (Å²) in [7, 11) is 3.58. The van der Waals surface area contributed by atoms with E-state index in [0.717, 1.165) is 36.8 Å². The second-order valence-corrected chi connectivity index (χ2v) is 8.29. The molecule has 2 aliphatic heterocycles. The van der Waals surface area contributed by atoms with E-state index in [4.69, 9.17) is 9.47 Å². The van der Waals surface area contributed by atoms with Gasteiger partial charge in [-0.1, -0.05) is 13.8 Å². The number of carbonyl (C=O) groups excluding carboxylic acids is 3. The maximum absolute atomic E-state index is 13.0. The lowest BCUT2D eigenvalue weighted by atomic mass is 9.77. The number of ether oxygens (including phenoxy) is 2. The van der Waals surface area contributed by atoms with Crippen LogP contribution in [-0.4, -0.2) is 72.8 Å². The number of aromatic nitrogens is 1. The zero-order valence-corrected chi connectivity index (χ0v) is 19.6. The Hall–Kier alpha value is -2.87. The number of H-pyrrole nitrogens is 1. The van der Waals surface area contributed by atoms with Crippen LogP contribution in [-0.2, 0) is 9.59 Å². The highest BCUT2D eigenvalue weighted by molar-refractivity contribution is 6.06. The molecule has 8 nitrogen and oxygen atoms in total. The largest absolute Gasteiger partial charge is 0.493 e. The van der Waals surface area contributed by atoms with Gasteiger partial charge in [0.05, 0.1) is 24.8 Å². The molecule has 2 aromatic rings. The number of methoxy groups -OCH3 is 1. The number of likely N-dealkylation sites (tertiary alicyclic amines) is 2. The Labute approximate surface area is 188 Å². The first-order valence-corrected chi connectivity index (χ1v) is 11.2. The first-order valence-electron chi connectivity index (χ1n) is 11.2. The number of benzene rings is 1. The predicted octanol–water partition coefficient (Wildman–Crippen LogP) is 3.26. The normalized spacial score (nSPS) is 18.1. The molecule has 3 heterocycles. The molecule has 32 heavy (non-hydrogen) atoms. The molecule has 1 spiro atoms. The molecule has 174 valence electrons. The average Bonchev–Trinajstić information content (AvgIpc) is 3.31. The molecule has 2 fully saturated rings. The number of hydrogen-bond acceptors (Lipinski definition) is 6. The van der Waals surface area contributed by atoms with Crippen molar-refractivity contribution < 1.29 is 23.9 Å². The van der Waals surface area contributed by atoms with Crippen LogP contribution in [0.25, 0.3) is 10.9 Å². The van der Waals surface area contributed by atoms with Crippen LogP contribution < -0.4 is 9.47 Å². The SMILES string of the molecule is CC.COc1cc2[nH]c(C(C)=O)cc2cc1OCCN1C(=O)CC2(CCN(C)CC2)C1=O. The van der Waals surface area contributed by atoms with Crippen LogP contribution in [0.4, 0.5) is 0 Å². The number of nitrogens with zero attached hydrogens (tertiary/aromatic N) is 2. The summed E-state index contributed by atoms with van der Waals surface area (Å²) >= 11 is 0. The third-order valence-corrected chi connectivity index (χ3v) is 6.29. The van der Waals surface area contributed by atoms with Crippen LogP contribution in [0.15, 0.2) is 18.2 Å². The Kier molecular flexibility index (Phi) is 7.23. The Balaban J connectivity index is 0.00000141. The van der Waals surface area contributed by atoms with Crippen LogP contribution in [0.2, 0.25) is 0 Å². The number of imide groups is 1. The van der Waals surface area contributed by atoms with Crippen LogP contribution in [0.3, 0.4) is 0 Å². The van der Waals surface area contributed by atoms with E-state index in [1.165, 1.54) is 11.8 Å². The highest BCUT2D eigenvalue weighted by atomic mass is 16.5. The molecule has 2 saturated heterocycles. The number of nitrogens with one attached hydrogen (secondary N) is 1. The van der Waals surface area contributed by atoms with E-state index in [9.17, 15) is 14.4 Å². The fourth-order valence-electron chi connectivity index (χ4n) is 4.37. The van der Waals surface area contributed by atoms with E-state index in [1.807, 2.05) is 20.9 Å². The highest BCUT2D eigenvalue weighted by Gasteiger charge is 2.51. The van der Waals surface area contributed by atoms with Gasteiger partial charge >= 0.3 is 0 Å². The van der Waals surface area contributed by atoms with E-state index in [2.05, 4.69) is 9.88 Å². The van der Waals surface area contributed by atoms with E-state index < -0.39 is 5.41 Å². The monoisotopic (exact) mass is 443 g/mol. The van der Waals surface area contributed by atoms with Gasteiger partial charge in [0.15, 0.2) is 17.3 Å². The number of aromatic amines is 1. The van der Waals surface area contributed by atoms with Gasteiger partial charge in [-0.3, -0.25) is 19.3 Å². The molecule has 1 N–H and O–H groups in total. The molecule has 4 rings (SSSR count). The Morgan fingerprint density at radius 3 is 2.44 bits per heavy atom. The van der Waals surface area contributed by atoms with E-state index in [-0.39, 0.29) is 30.7 Å². The van der Waals surface area contributed by atoms with Gasteiger partial charge in [-0.15, -0.1) is 0 Å². The van der Waals surface area contributed by atoms with Crippen molar-refractivity contribution in [2.75, 3.05) is 40.4 Å². The summed E-state index contributed by atoms with van der Waals surface area (Å²) in [6, 6.07) is 5.33. The molecule has 0 unspecified atom stereocenters. The maximum Gasteiger partial charge on any atom is 0.236 e. The molecule has 2 aliphatic rings. The van der Waals surface area contributed by atoms with Crippen molar-refractivity contribution >= 4 is 28.5 Å². The van der Waals surface area contributed by atoms with Gasteiger partial charge in [0.25, 0.3) is 0 Å². The summed E-state index contributed by atoms with van der Waals surface area (Å²) in [5, 5.41) is 0.828. The lowest BCUT2D eigenvalue weighted by molar-refractivity contribution is -0.142. The van der Waals surface area contributed by atoms with Crippen molar-refractivity contribution in [3.05, 3.63) is 23.9 Å². The molecule has 8 heteroatoms. The van der Waals surface area contributed by atoms with Crippen molar-refractivity contribution in [3.8, 4) is 11.5 Å². The number of hydrogen-bond donors (Lipinski definition) is 1. The number of fused-ring (bicyclic) bond motifs is 1. The van der Waals surface area contributed by atoms with Crippen LogP contribution in [0.5, 0.6) is 11.5 Å². The van der Waals surface area contributed by atoms with Gasteiger partial charge in [-0.2, -0.15) is 0 Å². The maximum atomic E-state index is 13.0. The zero-order chi connectivity index (χ0) is 23.5. The minimum absolute atomic E-state index is 0.0541. The second-order valence-electron chi connectivity index (χ2n) is 8.29. The lowest BCUT2D eigenvalue weighted by Gasteiger charge is -2.35.